The van der Waals surface area contributed by atoms with Gasteiger partial charge in [0.05, 0.1) is 25.8 Å². The van der Waals surface area contributed by atoms with Crippen molar-refractivity contribution in [1.82, 2.24) is 0 Å². The second-order valence-electron chi connectivity index (χ2n) is 3.09. The Morgan fingerprint density at radius 1 is 1.59 bits per heavy atom. The fourth-order valence-corrected chi connectivity index (χ4v) is 0.757. The summed E-state index contributed by atoms with van der Waals surface area (Å²) in [5.41, 5.74) is 0.656. The second-order valence-corrected chi connectivity index (χ2v) is 3.09. The molecule has 6 heteroatoms. The zero-order valence-corrected chi connectivity index (χ0v) is 13.5. The van der Waals surface area contributed by atoms with Crippen LogP contribution in [-0.2, 0) is 19.1 Å². The molecule has 1 rings (SSSR count). The van der Waals surface area contributed by atoms with Gasteiger partial charge in [0, 0.05) is 5.57 Å². The van der Waals surface area contributed by atoms with Crippen molar-refractivity contribution in [1.29, 1.82) is 0 Å². The number of esters is 1. The van der Waals surface area contributed by atoms with Gasteiger partial charge in [-0.1, -0.05) is 12.7 Å². The monoisotopic (exact) mass is 266 g/mol. The van der Waals surface area contributed by atoms with E-state index in [4.69, 9.17) is 14.6 Å². The Morgan fingerprint density at radius 3 is 2.35 bits per heavy atom. The van der Waals surface area contributed by atoms with Gasteiger partial charge in [0.25, 0.3) is 0 Å². The molecule has 1 aliphatic heterocycles. The van der Waals surface area contributed by atoms with Crippen LogP contribution >= 0.6 is 0 Å². The van der Waals surface area contributed by atoms with E-state index in [2.05, 4.69) is 11.3 Å². The van der Waals surface area contributed by atoms with Crippen LogP contribution in [0.5, 0.6) is 0 Å². The third-order valence-electron chi connectivity index (χ3n) is 1.76. The summed E-state index contributed by atoms with van der Waals surface area (Å²) in [7, 11) is 1.38. The summed E-state index contributed by atoms with van der Waals surface area (Å²) in [6.45, 7) is 5.47. The van der Waals surface area contributed by atoms with Crippen molar-refractivity contribution in [3.8, 4) is 0 Å². The molecule has 0 amide bonds. The van der Waals surface area contributed by atoms with E-state index in [0.29, 0.717) is 11.7 Å². The number of carbonyl (C=O) groups is 2. The van der Waals surface area contributed by atoms with Crippen LogP contribution in [0.4, 0.5) is 0 Å². The van der Waals surface area contributed by atoms with Crippen LogP contribution in [0.1, 0.15) is 13.3 Å². The van der Waals surface area contributed by atoms with Gasteiger partial charge >= 0.3 is 57.4 Å². The smallest absolute Gasteiger partial charge is 0.545 e. The fourth-order valence-electron chi connectivity index (χ4n) is 0.757. The van der Waals surface area contributed by atoms with Gasteiger partial charge in [-0.25, -0.2) is 4.79 Å². The molecule has 0 aromatic carbocycles. The van der Waals surface area contributed by atoms with E-state index < -0.39 is 5.97 Å². The van der Waals surface area contributed by atoms with Gasteiger partial charge < -0.3 is 19.4 Å². The van der Waals surface area contributed by atoms with E-state index in [1.165, 1.54) is 7.11 Å². The molecule has 0 saturated carbocycles. The summed E-state index contributed by atoms with van der Waals surface area (Å²) in [4.78, 5) is 20.0. The van der Waals surface area contributed by atoms with Gasteiger partial charge in [0.1, 0.15) is 0 Å². The Hall–Kier alpha value is 0.0164. The molecule has 0 spiro atoms. The molecule has 5 nitrogen and oxygen atoms in total. The minimum atomic E-state index is -1.23. The SMILES string of the molecule is C=CC(=O)[O-].COC(=O)C(C)=CCC1CO1.[K+]. The molecule has 1 atom stereocenters. The van der Waals surface area contributed by atoms with Crippen LogP contribution in [0, 0.1) is 0 Å². The average molecular weight is 266 g/mol. The normalized spacial score (nSPS) is 16.8. The Labute approximate surface area is 143 Å². The van der Waals surface area contributed by atoms with Crippen molar-refractivity contribution in [3.63, 3.8) is 0 Å². The van der Waals surface area contributed by atoms with Crippen molar-refractivity contribution < 1.29 is 75.6 Å². The van der Waals surface area contributed by atoms with Gasteiger partial charge in [-0.2, -0.15) is 0 Å². The molecule has 0 aliphatic carbocycles. The number of hydrogen-bond donors (Lipinski definition) is 0. The fraction of sp³-hybridized carbons (Fsp3) is 0.455. The molecule has 1 saturated heterocycles. The van der Waals surface area contributed by atoms with Crippen molar-refractivity contribution in [2.75, 3.05) is 13.7 Å². The summed E-state index contributed by atoms with van der Waals surface area (Å²) >= 11 is 0. The molecule has 0 N–H and O–H groups in total. The summed E-state index contributed by atoms with van der Waals surface area (Å²) in [6.07, 6.45) is 3.74. The first-order valence-corrected chi connectivity index (χ1v) is 4.71. The largest absolute Gasteiger partial charge is 1.00 e. The summed E-state index contributed by atoms with van der Waals surface area (Å²) < 4.78 is 9.49. The number of hydrogen-bond acceptors (Lipinski definition) is 5. The minimum Gasteiger partial charge on any atom is -0.545 e. The summed E-state index contributed by atoms with van der Waals surface area (Å²) in [6, 6.07) is 0. The Kier molecular flexibility index (Phi) is 12.7. The average Bonchev–Trinajstić information content (AvgIpc) is 3.09. The number of carboxylic acids is 1. The first-order chi connectivity index (χ1) is 7.51. The second kappa shape index (κ2) is 11.1. The van der Waals surface area contributed by atoms with Crippen LogP contribution in [0.15, 0.2) is 24.3 Å². The molecule has 0 aromatic rings. The molecular weight excluding hydrogens is 251 g/mol. The maximum atomic E-state index is 10.8. The number of aliphatic carboxylic acids is 1. The van der Waals surface area contributed by atoms with E-state index >= 15 is 0 Å². The van der Waals surface area contributed by atoms with Crippen LogP contribution in [0.25, 0.3) is 0 Å². The minimum absolute atomic E-state index is 0. The molecule has 90 valence electrons. The molecule has 0 radical (unpaired) electrons. The van der Waals surface area contributed by atoms with E-state index in [1.54, 1.807) is 6.92 Å². The van der Waals surface area contributed by atoms with Crippen LogP contribution in [-0.4, -0.2) is 31.8 Å². The zero-order chi connectivity index (χ0) is 12.6. The Balaban J connectivity index is 0. The van der Waals surface area contributed by atoms with Crippen molar-refractivity contribution in [2.24, 2.45) is 0 Å². The number of epoxide rings is 1. The molecule has 1 heterocycles. The van der Waals surface area contributed by atoms with Crippen molar-refractivity contribution in [2.45, 2.75) is 19.4 Å². The molecule has 1 fully saturated rings. The van der Waals surface area contributed by atoms with Crippen LogP contribution < -0.4 is 56.5 Å². The molecule has 17 heavy (non-hydrogen) atoms. The molecule has 0 aromatic heterocycles. The van der Waals surface area contributed by atoms with E-state index in [-0.39, 0.29) is 57.4 Å². The molecular formula is C11H15KO5. The van der Waals surface area contributed by atoms with Crippen molar-refractivity contribution in [3.05, 3.63) is 24.3 Å². The standard InChI is InChI=1S/C8H12O3.C3H4O2.K/c1-6(8(9)10-2)3-4-7-5-11-7;1-2-3(4)5;/h3,7H,4-5H2,1-2H3;2H,1H2,(H,4,5);/q;;+1/p-1. The van der Waals surface area contributed by atoms with E-state index in [0.717, 1.165) is 19.1 Å². The van der Waals surface area contributed by atoms with Gasteiger partial charge in [0.15, 0.2) is 0 Å². The Bertz CT molecular complexity index is 294. The zero-order valence-electron chi connectivity index (χ0n) is 10.4. The van der Waals surface area contributed by atoms with Crippen molar-refractivity contribution >= 4 is 11.9 Å². The number of carbonyl (C=O) groups excluding carboxylic acids is 2. The van der Waals surface area contributed by atoms with Gasteiger partial charge in [-0.3, -0.25) is 0 Å². The van der Waals surface area contributed by atoms with Crippen LogP contribution in [0.3, 0.4) is 0 Å². The summed E-state index contributed by atoms with van der Waals surface area (Å²) in [5, 5.41) is 9.14. The van der Waals surface area contributed by atoms with Gasteiger partial charge in [0.2, 0.25) is 0 Å². The molecule has 1 unspecified atom stereocenters. The molecule has 0 bridgehead atoms. The Morgan fingerprint density at radius 2 is 2.06 bits per heavy atom. The van der Waals surface area contributed by atoms with E-state index in [1.807, 2.05) is 6.08 Å². The van der Waals surface area contributed by atoms with Gasteiger partial charge in [-0.15, -0.1) is 0 Å². The van der Waals surface area contributed by atoms with Gasteiger partial charge in [-0.05, 0) is 19.4 Å². The third kappa shape index (κ3) is 12.3. The number of methoxy groups -OCH3 is 1. The number of ether oxygens (including phenoxy) is 2. The first kappa shape index (κ1) is 19.4. The summed E-state index contributed by atoms with van der Waals surface area (Å²) in [5.74, 6) is -1.49. The quantitative estimate of drug-likeness (QED) is 0.232. The predicted octanol–water partition coefficient (Wildman–Crippen LogP) is -3.18. The number of rotatable bonds is 4. The topological polar surface area (TPSA) is 79.0 Å². The first-order valence-electron chi connectivity index (χ1n) is 4.71. The third-order valence-corrected chi connectivity index (χ3v) is 1.76. The predicted molar refractivity (Wildman–Crippen MR) is 55.3 cm³/mol. The van der Waals surface area contributed by atoms with E-state index in [9.17, 15) is 4.79 Å². The maximum absolute atomic E-state index is 10.8. The van der Waals surface area contributed by atoms with Crippen LogP contribution in [0.2, 0.25) is 0 Å². The number of carboxylic acid groups (broad SMARTS) is 1. The molecule has 1 aliphatic rings. The maximum Gasteiger partial charge on any atom is 1.00 e.